The number of amides is 1. The molecular formula is C28H27FN6O. The lowest BCUT2D eigenvalue weighted by molar-refractivity contribution is 0.0639. The van der Waals surface area contributed by atoms with Crippen molar-refractivity contribution in [3.8, 4) is 17.2 Å². The first kappa shape index (κ1) is 22.6. The van der Waals surface area contributed by atoms with E-state index in [2.05, 4.69) is 31.9 Å². The summed E-state index contributed by atoms with van der Waals surface area (Å²) >= 11 is 0. The van der Waals surface area contributed by atoms with Crippen LogP contribution in [0.15, 0.2) is 54.9 Å². The van der Waals surface area contributed by atoms with Crippen molar-refractivity contribution < 1.29 is 9.18 Å². The number of piperazine rings is 1. The second-order valence-corrected chi connectivity index (χ2v) is 9.89. The summed E-state index contributed by atoms with van der Waals surface area (Å²) in [4.78, 5) is 28.8. The predicted molar refractivity (Wildman–Crippen MR) is 134 cm³/mol. The van der Waals surface area contributed by atoms with Crippen LogP contribution >= 0.6 is 0 Å². The maximum atomic E-state index is 14.2. The van der Waals surface area contributed by atoms with Crippen molar-refractivity contribution in [2.24, 2.45) is 0 Å². The molecule has 3 heterocycles. The Kier molecular flexibility index (Phi) is 5.65. The molecule has 2 fully saturated rings. The molecule has 0 atom stereocenters. The van der Waals surface area contributed by atoms with E-state index in [0.29, 0.717) is 42.1 Å². The van der Waals surface area contributed by atoms with Gasteiger partial charge >= 0.3 is 0 Å². The van der Waals surface area contributed by atoms with Crippen LogP contribution in [0.3, 0.4) is 0 Å². The van der Waals surface area contributed by atoms with Crippen LogP contribution in [0.2, 0.25) is 0 Å². The number of benzene rings is 2. The van der Waals surface area contributed by atoms with Gasteiger partial charge in [0, 0.05) is 85.9 Å². The van der Waals surface area contributed by atoms with E-state index in [4.69, 9.17) is 5.26 Å². The molecule has 0 N–H and O–H groups in total. The van der Waals surface area contributed by atoms with E-state index in [1.807, 2.05) is 17.0 Å². The number of nitriles is 1. The summed E-state index contributed by atoms with van der Waals surface area (Å²) < 4.78 is 14.2. The standard InChI is InChI=1S/C28H27FN6O/c29-24-5-2-1-4-22(24)21-17-31-27(32-18-21)35-19-28(8-9-28)23-7-6-20(16-25(23)35)26(36)34-14-12-33(13-15-34)11-3-10-30/h1-2,4-7,16-18H,3,8-9,11-15,19H2. The quantitative estimate of drug-likeness (QED) is 0.544. The Hall–Kier alpha value is -3.83. The van der Waals surface area contributed by atoms with Gasteiger partial charge in [0.1, 0.15) is 5.82 Å². The molecule has 3 aliphatic rings. The monoisotopic (exact) mass is 482 g/mol. The van der Waals surface area contributed by atoms with E-state index in [-0.39, 0.29) is 17.1 Å². The smallest absolute Gasteiger partial charge is 0.254 e. The van der Waals surface area contributed by atoms with Crippen LogP contribution in [0.1, 0.15) is 35.2 Å². The third-order valence-corrected chi connectivity index (χ3v) is 7.68. The molecule has 1 spiro atoms. The summed E-state index contributed by atoms with van der Waals surface area (Å²) in [6.45, 7) is 4.44. The molecule has 8 heteroatoms. The fourth-order valence-corrected chi connectivity index (χ4v) is 5.43. The SMILES string of the molecule is N#CCCN1CCN(C(=O)c2ccc3c(c2)N(c2ncc(-c4ccccc4F)cn2)CC32CC2)CC1. The fraction of sp³-hybridized carbons (Fsp3) is 0.357. The van der Waals surface area contributed by atoms with Gasteiger partial charge in [0.2, 0.25) is 5.95 Å². The lowest BCUT2D eigenvalue weighted by atomic mass is 9.97. The first-order chi connectivity index (χ1) is 17.6. The molecule has 0 unspecified atom stereocenters. The van der Waals surface area contributed by atoms with Gasteiger partial charge in [-0.15, -0.1) is 0 Å². The normalized spacial score (nSPS) is 18.2. The molecule has 1 aromatic heterocycles. The first-order valence-corrected chi connectivity index (χ1v) is 12.5. The summed E-state index contributed by atoms with van der Waals surface area (Å²) in [6.07, 6.45) is 6.07. The van der Waals surface area contributed by atoms with Crippen LogP contribution in [-0.2, 0) is 5.41 Å². The Balaban J connectivity index is 1.24. The molecule has 1 aliphatic carbocycles. The molecule has 1 saturated carbocycles. The van der Waals surface area contributed by atoms with Crippen LogP contribution in [0.4, 0.5) is 16.0 Å². The largest absolute Gasteiger partial charge is 0.336 e. The van der Waals surface area contributed by atoms with Crippen LogP contribution in [0.25, 0.3) is 11.1 Å². The Bertz CT molecular complexity index is 1340. The average Bonchev–Trinajstić information content (AvgIpc) is 3.63. The molecule has 0 radical (unpaired) electrons. The molecule has 2 aliphatic heterocycles. The number of carbonyl (C=O) groups excluding carboxylic acids is 1. The van der Waals surface area contributed by atoms with Gasteiger partial charge in [-0.2, -0.15) is 5.26 Å². The first-order valence-electron chi connectivity index (χ1n) is 12.5. The number of carbonyl (C=O) groups is 1. The van der Waals surface area contributed by atoms with Gasteiger partial charge in [-0.25, -0.2) is 14.4 Å². The van der Waals surface area contributed by atoms with Gasteiger partial charge in [-0.1, -0.05) is 24.3 Å². The topological polar surface area (TPSA) is 76.4 Å². The molecule has 6 rings (SSSR count). The predicted octanol–water partition coefficient (Wildman–Crippen LogP) is 4.14. The summed E-state index contributed by atoms with van der Waals surface area (Å²) in [6, 6.07) is 14.8. The fourth-order valence-electron chi connectivity index (χ4n) is 5.43. The second kappa shape index (κ2) is 8.99. The minimum absolute atomic E-state index is 0.0326. The number of rotatable bonds is 5. The molecule has 2 aromatic carbocycles. The zero-order valence-electron chi connectivity index (χ0n) is 20.0. The van der Waals surface area contributed by atoms with Crippen molar-refractivity contribution in [1.29, 1.82) is 5.26 Å². The number of halogens is 1. The van der Waals surface area contributed by atoms with Crippen molar-refractivity contribution >= 4 is 17.5 Å². The Labute approximate surface area is 209 Å². The van der Waals surface area contributed by atoms with Gasteiger partial charge in [-0.05, 0) is 36.6 Å². The second-order valence-electron chi connectivity index (χ2n) is 9.89. The highest BCUT2D eigenvalue weighted by atomic mass is 19.1. The number of nitrogens with zero attached hydrogens (tertiary/aromatic N) is 6. The lowest BCUT2D eigenvalue weighted by Crippen LogP contribution is -2.48. The molecule has 7 nitrogen and oxygen atoms in total. The molecule has 1 saturated heterocycles. The van der Waals surface area contributed by atoms with Crippen molar-refractivity contribution in [2.45, 2.75) is 24.7 Å². The zero-order valence-corrected chi connectivity index (χ0v) is 20.0. The van der Waals surface area contributed by atoms with Crippen molar-refractivity contribution in [1.82, 2.24) is 19.8 Å². The van der Waals surface area contributed by atoms with Crippen LogP contribution in [0.5, 0.6) is 0 Å². The number of anilines is 2. The summed E-state index contributed by atoms with van der Waals surface area (Å²) in [5.74, 6) is 0.299. The number of aromatic nitrogens is 2. The van der Waals surface area contributed by atoms with Crippen LogP contribution in [-0.4, -0.2) is 64.9 Å². The zero-order chi connectivity index (χ0) is 24.7. The highest BCUT2D eigenvalue weighted by molar-refractivity contribution is 5.96. The molecular weight excluding hydrogens is 455 g/mol. The van der Waals surface area contributed by atoms with Crippen molar-refractivity contribution in [3.63, 3.8) is 0 Å². The van der Waals surface area contributed by atoms with Gasteiger partial charge in [0.25, 0.3) is 5.91 Å². The molecule has 3 aromatic rings. The molecule has 182 valence electrons. The Morgan fingerprint density at radius 2 is 1.81 bits per heavy atom. The number of hydrogen-bond donors (Lipinski definition) is 0. The van der Waals surface area contributed by atoms with Crippen molar-refractivity contribution in [2.75, 3.05) is 44.2 Å². The van der Waals surface area contributed by atoms with Crippen LogP contribution < -0.4 is 4.90 Å². The summed E-state index contributed by atoms with van der Waals surface area (Å²) in [7, 11) is 0. The molecule has 0 bridgehead atoms. The Morgan fingerprint density at radius 3 is 2.50 bits per heavy atom. The minimum Gasteiger partial charge on any atom is -0.336 e. The average molecular weight is 483 g/mol. The molecule has 36 heavy (non-hydrogen) atoms. The maximum absolute atomic E-state index is 14.2. The van der Waals surface area contributed by atoms with Crippen molar-refractivity contribution in [3.05, 3.63) is 71.8 Å². The third-order valence-electron chi connectivity index (χ3n) is 7.68. The van der Waals surface area contributed by atoms with E-state index in [0.717, 1.165) is 44.7 Å². The van der Waals surface area contributed by atoms with Gasteiger partial charge in [-0.3, -0.25) is 9.69 Å². The van der Waals surface area contributed by atoms with E-state index in [1.54, 1.807) is 30.6 Å². The summed E-state index contributed by atoms with van der Waals surface area (Å²) in [5, 5.41) is 8.82. The highest BCUT2D eigenvalue weighted by Crippen LogP contribution is 2.57. The van der Waals surface area contributed by atoms with Gasteiger partial charge in [0.15, 0.2) is 0 Å². The molecule has 1 amide bonds. The van der Waals surface area contributed by atoms with Crippen LogP contribution in [0, 0.1) is 17.1 Å². The summed E-state index contributed by atoms with van der Waals surface area (Å²) in [5.41, 5.74) is 4.13. The minimum atomic E-state index is -0.300. The Morgan fingerprint density at radius 1 is 1.06 bits per heavy atom. The van der Waals surface area contributed by atoms with Gasteiger partial charge in [0.05, 0.1) is 6.07 Å². The third kappa shape index (κ3) is 3.99. The van der Waals surface area contributed by atoms with Gasteiger partial charge < -0.3 is 9.80 Å². The van der Waals surface area contributed by atoms with E-state index in [9.17, 15) is 9.18 Å². The highest BCUT2D eigenvalue weighted by Gasteiger charge is 2.52. The lowest BCUT2D eigenvalue weighted by Gasteiger charge is -2.34. The maximum Gasteiger partial charge on any atom is 0.254 e. The van der Waals surface area contributed by atoms with E-state index >= 15 is 0 Å². The van der Waals surface area contributed by atoms with E-state index < -0.39 is 0 Å². The van der Waals surface area contributed by atoms with E-state index in [1.165, 1.54) is 11.6 Å². The number of hydrogen-bond acceptors (Lipinski definition) is 6. The number of fused-ring (bicyclic) bond motifs is 2.